The first kappa shape index (κ1) is 19.7. The Morgan fingerprint density at radius 2 is 1.81 bits per heavy atom. The van der Waals surface area contributed by atoms with Crippen LogP contribution in [0.15, 0.2) is 42.5 Å². The molecule has 0 fully saturated rings. The van der Waals surface area contributed by atoms with Crippen molar-refractivity contribution >= 4 is 40.7 Å². The van der Waals surface area contributed by atoms with Gasteiger partial charge in [0.25, 0.3) is 11.8 Å². The molecule has 0 saturated heterocycles. The molecule has 2 aromatic carbocycles. The second-order valence-electron chi connectivity index (χ2n) is 6.82. The summed E-state index contributed by atoms with van der Waals surface area (Å²) in [7, 11) is 1.84. The minimum atomic E-state index is -0.178. The Morgan fingerprint density at radius 1 is 1.07 bits per heavy atom. The van der Waals surface area contributed by atoms with Crippen molar-refractivity contribution < 1.29 is 14.5 Å². The maximum Gasteiger partial charge on any atom is 0.279 e. The fourth-order valence-corrected chi connectivity index (χ4v) is 3.49. The second kappa shape index (κ2) is 8.74. The number of nitrogens with one attached hydrogen (secondary N) is 2. The van der Waals surface area contributed by atoms with Crippen molar-refractivity contribution in [1.29, 1.82) is 0 Å². The molecule has 0 bridgehead atoms. The van der Waals surface area contributed by atoms with Gasteiger partial charge in [0, 0.05) is 18.8 Å². The third kappa shape index (κ3) is 5.22. The molecule has 142 valence electrons. The van der Waals surface area contributed by atoms with Crippen molar-refractivity contribution in [2.45, 2.75) is 13.0 Å². The molecule has 0 aliphatic carbocycles. The number of halogens is 2. The molecule has 1 unspecified atom stereocenters. The molecule has 1 aliphatic heterocycles. The molecular weight excluding hydrogens is 385 g/mol. The fraction of sp³-hybridized carbons (Fsp3) is 0.300. The van der Waals surface area contributed by atoms with Crippen LogP contribution in [0, 0.1) is 0 Å². The molecule has 1 atom stereocenters. The lowest BCUT2D eigenvalue weighted by Gasteiger charge is -2.29. The van der Waals surface area contributed by atoms with E-state index in [1.165, 1.54) is 11.1 Å². The molecular formula is C20H22Cl2N3O2+. The van der Waals surface area contributed by atoms with Crippen LogP contribution in [0.4, 0.5) is 5.69 Å². The summed E-state index contributed by atoms with van der Waals surface area (Å²) in [5, 5.41) is 3.60. The predicted molar refractivity (Wildman–Crippen MR) is 107 cm³/mol. The number of amides is 2. The molecule has 0 saturated carbocycles. The highest BCUT2D eigenvalue weighted by Crippen LogP contribution is 2.24. The van der Waals surface area contributed by atoms with E-state index in [-0.39, 0.29) is 24.9 Å². The van der Waals surface area contributed by atoms with Crippen molar-refractivity contribution in [3.63, 3.8) is 0 Å². The SMILES string of the molecule is C[NH+](CC(=O)Nc1ccc(Cl)c(Cl)c1)CC(=O)N1CCc2ccccc2C1. The zero-order chi connectivity index (χ0) is 19.4. The topological polar surface area (TPSA) is 53.9 Å². The number of carbonyl (C=O) groups is 2. The lowest BCUT2D eigenvalue weighted by Crippen LogP contribution is -3.11. The van der Waals surface area contributed by atoms with Gasteiger partial charge in [0.1, 0.15) is 0 Å². The summed E-state index contributed by atoms with van der Waals surface area (Å²) in [6.45, 7) is 1.82. The maximum absolute atomic E-state index is 12.6. The summed E-state index contributed by atoms with van der Waals surface area (Å²) in [5.41, 5.74) is 3.09. The highest BCUT2D eigenvalue weighted by molar-refractivity contribution is 6.42. The molecule has 0 radical (unpaired) electrons. The van der Waals surface area contributed by atoms with Crippen LogP contribution in [0.5, 0.6) is 0 Å². The lowest BCUT2D eigenvalue weighted by molar-refractivity contribution is -0.862. The van der Waals surface area contributed by atoms with Gasteiger partial charge in [0.15, 0.2) is 13.1 Å². The number of carbonyl (C=O) groups excluding carboxylic acids is 2. The number of benzene rings is 2. The first-order chi connectivity index (χ1) is 12.9. The molecule has 0 aromatic heterocycles. The smallest absolute Gasteiger partial charge is 0.279 e. The van der Waals surface area contributed by atoms with Crippen LogP contribution >= 0.6 is 23.2 Å². The number of quaternary nitrogens is 1. The Bertz CT molecular complexity index is 857. The largest absolute Gasteiger partial charge is 0.333 e. The van der Waals surface area contributed by atoms with E-state index >= 15 is 0 Å². The standard InChI is InChI=1S/C20H21Cl2N3O2/c1-24(12-19(26)23-16-6-7-17(21)18(22)10-16)13-20(27)25-9-8-14-4-2-3-5-15(14)11-25/h2-7,10H,8-9,11-13H2,1H3,(H,23,26)/p+1. The van der Waals surface area contributed by atoms with Gasteiger partial charge in [-0.1, -0.05) is 47.5 Å². The molecule has 1 heterocycles. The minimum Gasteiger partial charge on any atom is -0.333 e. The van der Waals surface area contributed by atoms with Crippen molar-refractivity contribution in [3.8, 4) is 0 Å². The number of rotatable bonds is 5. The summed E-state index contributed by atoms with van der Waals surface area (Å²) < 4.78 is 0. The summed E-state index contributed by atoms with van der Waals surface area (Å²) in [4.78, 5) is 27.5. The third-order valence-corrected chi connectivity index (χ3v) is 5.34. The van der Waals surface area contributed by atoms with E-state index in [1.807, 2.05) is 24.1 Å². The minimum absolute atomic E-state index is 0.0596. The Kier molecular flexibility index (Phi) is 6.37. The number of nitrogens with zero attached hydrogens (tertiary/aromatic N) is 1. The first-order valence-electron chi connectivity index (χ1n) is 8.83. The van der Waals surface area contributed by atoms with E-state index in [2.05, 4.69) is 17.4 Å². The van der Waals surface area contributed by atoms with Gasteiger partial charge in [-0.2, -0.15) is 0 Å². The van der Waals surface area contributed by atoms with Crippen molar-refractivity contribution in [2.75, 3.05) is 32.0 Å². The van der Waals surface area contributed by atoms with Crippen molar-refractivity contribution in [2.24, 2.45) is 0 Å². The van der Waals surface area contributed by atoms with Gasteiger partial charge in [0.05, 0.1) is 17.1 Å². The van der Waals surface area contributed by atoms with E-state index in [1.54, 1.807) is 18.2 Å². The number of likely N-dealkylation sites (N-methyl/N-ethyl adjacent to an activating group) is 1. The highest BCUT2D eigenvalue weighted by atomic mass is 35.5. The van der Waals surface area contributed by atoms with Crippen LogP contribution in [-0.4, -0.2) is 43.4 Å². The van der Waals surface area contributed by atoms with E-state index in [9.17, 15) is 9.59 Å². The van der Waals surface area contributed by atoms with Crippen LogP contribution in [0.2, 0.25) is 10.0 Å². The van der Waals surface area contributed by atoms with Gasteiger partial charge in [-0.25, -0.2) is 0 Å². The van der Waals surface area contributed by atoms with Crippen LogP contribution in [0.25, 0.3) is 0 Å². The summed E-state index contributed by atoms with van der Waals surface area (Å²) in [5.74, 6) is -0.119. The van der Waals surface area contributed by atoms with Gasteiger partial charge in [0.2, 0.25) is 0 Å². The average molecular weight is 407 g/mol. The molecule has 2 N–H and O–H groups in total. The van der Waals surface area contributed by atoms with Crippen molar-refractivity contribution in [1.82, 2.24) is 4.90 Å². The Morgan fingerprint density at radius 3 is 2.56 bits per heavy atom. The molecule has 27 heavy (non-hydrogen) atoms. The third-order valence-electron chi connectivity index (χ3n) is 4.60. The summed E-state index contributed by atoms with van der Waals surface area (Å²) in [6.07, 6.45) is 0.874. The molecule has 0 spiro atoms. The molecule has 2 amide bonds. The lowest BCUT2D eigenvalue weighted by atomic mass is 10.00. The molecule has 3 rings (SSSR count). The number of anilines is 1. The Balaban J connectivity index is 1.50. The van der Waals surface area contributed by atoms with Gasteiger partial charge < -0.3 is 15.1 Å². The van der Waals surface area contributed by atoms with Gasteiger partial charge >= 0.3 is 0 Å². The van der Waals surface area contributed by atoms with E-state index < -0.39 is 0 Å². The van der Waals surface area contributed by atoms with Crippen molar-refractivity contribution in [3.05, 3.63) is 63.6 Å². The molecule has 1 aliphatic rings. The zero-order valence-electron chi connectivity index (χ0n) is 15.1. The summed E-state index contributed by atoms with van der Waals surface area (Å²) >= 11 is 11.8. The summed E-state index contributed by atoms with van der Waals surface area (Å²) in [6, 6.07) is 13.1. The number of hydrogen-bond donors (Lipinski definition) is 2. The predicted octanol–water partition coefficient (Wildman–Crippen LogP) is 2.03. The zero-order valence-corrected chi connectivity index (χ0v) is 16.6. The second-order valence-corrected chi connectivity index (χ2v) is 7.64. The van der Waals surface area contributed by atoms with Crippen LogP contribution in [0.1, 0.15) is 11.1 Å². The van der Waals surface area contributed by atoms with Gasteiger partial charge in [-0.3, -0.25) is 9.59 Å². The molecule has 7 heteroatoms. The number of fused-ring (bicyclic) bond motifs is 1. The van der Waals surface area contributed by atoms with Crippen LogP contribution < -0.4 is 10.2 Å². The molecule has 5 nitrogen and oxygen atoms in total. The van der Waals surface area contributed by atoms with Gasteiger partial charge in [-0.15, -0.1) is 0 Å². The highest BCUT2D eigenvalue weighted by Gasteiger charge is 2.23. The first-order valence-corrected chi connectivity index (χ1v) is 9.58. The normalized spacial score (nSPS) is 14.4. The van der Waals surface area contributed by atoms with E-state index in [0.717, 1.165) is 17.9 Å². The maximum atomic E-state index is 12.6. The van der Waals surface area contributed by atoms with Crippen LogP contribution in [0.3, 0.4) is 0 Å². The molecule has 2 aromatic rings. The van der Waals surface area contributed by atoms with E-state index in [4.69, 9.17) is 23.2 Å². The van der Waals surface area contributed by atoms with E-state index in [0.29, 0.717) is 22.3 Å². The van der Waals surface area contributed by atoms with Gasteiger partial charge in [-0.05, 0) is 35.7 Å². The fourth-order valence-electron chi connectivity index (χ4n) is 3.19. The monoisotopic (exact) mass is 406 g/mol. The number of hydrogen-bond acceptors (Lipinski definition) is 2. The quantitative estimate of drug-likeness (QED) is 0.797. The Hall–Kier alpha value is -2.08. The van der Waals surface area contributed by atoms with Crippen LogP contribution in [-0.2, 0) is 22.6 Å². The Labute approximate surface area is 168 Å². The average Bonchev–Trinajstić information content (AvgIpc) is 2.64.